The van der Waals surface area contributed by atoms with Gasteiger partial charge in [-0.05, 0) is 76.7 Å². The minimum Gasteiger partial charge on any atom is -0.456 e. The Hall–Kier alpha value is -8.35. The average Bonchev–Trinajstić information content (AvgIpc) is 3.85. The van der Waals surface area contributed by atoms with E-state index in [9.17, 15) is 0 Å². The highest BCUT2D eigenvalue weighted by Gasteiger charge is 2.26. The lowest BCUT2D eigenvalue weighted by atomic mass is 9.90. The molecule has 3 aromatic heterocycles. The molecule has 284 valence electrons. The molecule has 0 bridgehead atoms. The molecule has 61 heavy (non-hydrogen) atoms. The van der Waals surface area contributed by atoms with Gasteiger partial charge in [0, 0.05) is 49.3 Å². The first-order valence-electron chi connectivity index (χ1n) is 20.5. The predicted octanol–water partition coefficient (Wildman–Crippen LogP) is 14.0. The van der Waals surface area contributed by atoms with Crippen molar-refractivity contribution in [3.8, 4) is 68.2 Å². The molecule has 1 aliphatic rings. The summed E-state index contributed by atoms with van der Waals surface area (Å²) in [5.41, 5.74) is 11.7. The number of ether oxygens (including phenoxy) is 1. The average molecular weight is 780 g/mol. The molecule has 0 saturated carbocycles. The standard InChI is InChI=1S/C55H33N5O/c1-4-15-34(16-5-1)53-56-54(35-17-6-2-7-18-35)58-55(57-53)60-45-24-12-10-21-39(45)40-29-27-36(31-47(40)60)37-28-30-41-44-33-48-51(43-23-14-26-49(52(43)44)61-50(41)32-37)42-22-11-13-25-46(42)59(48)38-19-8-3-9-20-38/h1-33H. The third-order valence-corrected chi connectivity index (χ3v) is 12.2. The van der Waals surface area contributed by atoms with E-state index < -0.39 is 0 Å². The zero-order valence-corrected chi connectivity index (χ0v) is 32.7. The lowest BCUT2D eigenvalue weighted by Crippen LogP contribution is -2.06. The summed E-state index contributed by atoms with van der Waals surface area (Å²) in [6.07, 6.45) is 0. The lowest BCUT2D eigenvalue weighted by molar-refractivity contribution is 0.487. The Kier molecular flexibility index (Phi) is 7.21. The zero-order chi connectivity index (χ0) is 40.0. The molecule has 4 heterocycles. The van der Waals surface area contributed by atoms with Crippen LogP contribution < -0.4 is 4.74 Å². The van der Waals surface area contributed by atoms with E-state index in [1.165, 1.54) is 32.8 Å². The molecule has 0 aliphatic carbocycles. The summed E-state index contributed by atoms with van der Waals surface area (Å²) in [4.78, 5) is 15.3. The van der Waals surface area contributed by atoms with Gasteiger partial charge in [0.1, 0.15) is 11.5 Å². The van der Waals surface area contributed by atoms with Crippen molar-refractivity contribution in [1.29, 1.82) is 0 Å². The molecule has 12 aromatic rings. The van der Waals surface area contributed by atoms with Crippen molar-refractivity contribution in [2.45, 2.75) is 0 Å². The summed E-state index contributed by atoms with van der Waals surface area (Å²) in [6, 6.07) is 70.2. The van der Waals surface area contributed by atoms with E-state index in [2.05, 4.69) is 149 Å². The fraction of sp³-hybridized carbons (Fsp3) is 0. The fourth-order valence-electron chi connectivity index (χ4n) is 9.45. The lowest BCUT2D eigenvalue weighted by Gasteiger charge is -2.23. The molecule has 6 nitrogen and oxygen atoms in total. The molecule has 13 rings (SSSR count). The van der Waals surface area contributed by atoms with E-state index in [0.29, 0.717) is 17.6 Å². The normalized spacial score (nSPS) is 12.1. The van der Waals surface area contributed by atoms with Crippen LogP contribution in [0.4, 0.5) is 0 Å². The molecule has 1 aliphatic heterocycles. The molecule has 0 saturated heterocycles. The van der Waals surface area contributed by atoms with Crippen molar-refractivity contribution in [2.75, 3.05) is 0 Å². The van der Waals surface area contributed by atoms with Gasteiger partial charge in [0.15, 0.2) is 11.6 Å². The van der Waals surface area contributed by atoms with Gasteiger partial charge in [0.25, 0.3) is 0 Å². The van der Waals surface area contributed by atoms with E-state index in [1.54, 1.807) is 0 Å². The molecule has 0 fully saturated rings. The summed E-state index contributed by atoms with van der Waals surface area (Å²) in [5, 5.41) is 7.04. The van der Waals surface area contributed by atoms with Gasteiger partial charge in [-0.25, -0.2) is 4.98 Å². The van der Waals surface area contributed by atoms with E-state index in [0.717, 1.165) is 72.2 Å². The van der Waals surface area contributed by atoms with Crippen molar-refractivity contribution >= 4 is 54.4 Å². The minimum atomic E-state index is 0.564. The molecule has 0 spiro atoms. The van der Waals surface area contributed by atoms with E-state index in [4.69, 9.17) is 19.7 Å². The monoisotopic (exact) mass is 779 g/mol. The van der Waals surface area contributed by atoms with Gasteiger partial charge >= 0.3 is 0 Å². The van der Waals surface area contributed by atoms with E-state index >= 15 is 0 Å². The van der Waals surface area contributed by atoms with Gasteiger partial charge < -0.3 is 9.30 Å². The Balaban J connectivity index is 0.999. The van der Waals surface area contributed by atoms with Crippen LogP contribution in [0.3, 0.4) is 0 Å². The van der Waals surface area contributed by atoms with Gasteiger partial charge in [-0.2, -0.15) is 9.97 Å². The minimum absolute atomic E-state index is 0.564. The Labute approximate surface area is 350 Å². The second-order valence-corrected chi connectivity index (χ2v) is 15.6. The third-order valence-electron chi connectivity index (χ3n) is 12.2. The van der Waals surface area contributed by atoms with Crippen molar-refractivity contribution in [3.05, 3.63) is 200 Å². The van der Waals surface area contributed by atoms with Gasteiger partial charge in [0.05, 0.1) is 22.1 Å². The van der Waals surface area contributed by atoms with Gasteiger partial charge in [-0.1, -0.05) is 146 Å². The van der Waals surface area contributed by atoms with Crippen LogP contribution in [0, 0.1) is 0 Å². The third kappa shape index (κ3) is 5.12. The smallest absolute Gasteiger partial charge is 0.238 e. The van der Waals surface area contributed by atoms with E-state index in [-0.39, 0.29) is 0 Å². The van der Waals surface area contributed by atoms with Gasteiger partial charge in [0.2, 0.25) is 5.95 Å². The van der Waals surface area contributed by atoms with Crippen LogP contribution in [-0.2, 0) is 0 Å². The van der Waals surface area contributed by atoms with Crippen LogP contribution in [-0.4, -0.2) is 24.1 Å². The first-order chi connectivity index (χ1) is 30.2. The maximum absolute atomic E-state index is 6.86. The molecule has 0 atom stereocenters. The molecule has 9 aromatic carbocycles. The summed E-state index contributed by atoms with van der Waals surface area (Å²) in [7, 11) is 0. The Bertz CT molecular complexity index is 3660. The second kappa shape index (κ2) is 13.1. The largest absolute Gasteiger partial charge is 0.456 e. The molecule has 6 heteroatoms. The quantitative estimate of drug-likeness (QED) is 0.175. The number of rotatable bonds is 5. The van der Waals surface area contributed by atoms with Crippen LogP contribution in [0.2, 0.25) is 0 Å². The predicted molar refractivity (Wildman–Crippen MR) is 248 cm³/mol. The molecule has 0 radical (unpaired) electrons. The molecule has 0 N–H and O–H groups in total. The van der Waals surface area contributed by atoms with Crippen molar-refractivity contribution in [1.82, 2.24) is 24.1 Å². The van der Waals surface area contributed by atoms with Crippen LogP contribution >= 0.6 is 0 Å². The number of nitrogens with zero attached hydrogens (tertiary/aromatic N) is 5. The maximum Gasteiger partial charge on any atom is 0.238 e. The summed E-state index contributed by atoms with van der Waals surface area (Å²) in [5.74, 6) is 3.50. The van der Waals surface area contributed by atoms with Crippen LogP contribution in [0.5, 0.6) is 11.5 Å². The Morgan fingerprint density at radius 2 is 0.918 bits per heavy atom. The van der Waals surface area contributed by atoms with Crippen molar-refractivity contribution in [2.24, 2.45) is 0 Å². The first-order valence-corrected chi connectivity index (χ1v) is 20.5. The highest BCUT2D eigenvalue weighted by molar-refractivity contribution is 6.26. The highest BCUT2D eigenvalue weighted by atomic mass is 16.5. The number of hydrogen-bond acceptors (Lipinski definition) is 4. The summed E-state index contributed by atoms with van der Waals surface area (Å²) < 4.78 is 11.4. The number of hydrogen-bond donors (Lipinski definition) is 0. The second-order valence-electron chi connectivity index (χ2n) is 15.6. The van der Waals surface area contributed by atoms with Crippen LogP contribution in [0.25, 0.3) is 111 Å². The fourth-order valence-corrected chi connectivity index (χ4v) is 9.45. The number of aromatic nitrogens is 5. The van der Waals surface area contributed by atoms with Gasteiger partial charge in [-0.3, -0.25) is 4.57 Å². The first kappa shape index (κ1) is 33.6. The summed E-state index contributed by atoms with van der Waals surface area (Å²) in [6.45, 7) is 0. The molecular weight excluding hydrogens is 747 g/mol. The van der Waals surface area contributed by atoms with Crippen LogP contribution in [0.15, 0.2) is 200 Å². The number of fused-ring (bicyclic) bond motifs is 9. The summed E-state index contributed by atoms with van der Waals surface area (Å²) >= 11 is 0. The van der Waals surface area contributed by atoms with E-state index in [1.807, 2.05) is 60.7 Å². The van der Waals surface area contributed by atoms with Gasteiger partial charge in [-0.15, -0.1) is 0 Å². The number of benzene rings is 9. The Morgan fingerprint density at radius 3 is 1.66 bits per heavy atom. The van der Waals surface area contributed by atoms with Crippen molar-refractivity contribution in [3.63, 3.8) is 0 Å². The Morgan fingerprint density at radius 1 is 0.328 bits per heavy atom. The highest BCUT2D eigenvalue weighted by Crippen LogP contribution is 2.51. The molecule has 0 amide bonds. The van der Waals surface area contributed by atoms with Crippen molar-refractivity contribution < 1.29 is 4.74 Å². The topological polar surface area (TPSA) is 57.8 Å². The zero-order valence-electron chi connectivity index (χ0n) is 32.7. The van der Waals surface area contributed by atoms with Crippen LogP contribution in [0.1, 0.15) is 0 Å². The maximum atomic E-state index is 6.86. The molecule has 0 unspecified atom stereocenters. The molecular formula is C55H33N5O. The SMILES string of the molecule is c1ccc(-c2nc(-c3ccccc3)nc(-n3c4ccccc4c4ccc(-c5ccc6c(c5)Oc5cccc7c5c-6cc5c7c6ccccc6n5-c5ccccc5)cc43)n2)cc1. The number of para-hydroxylation sites is 3.